The summed E-state index contributed by atoms with van der Waals surface area (Å²) in [5.41, 5.74) is 7.27. The summed E-state index contributed by atoms with van der Waals surface area (Å²) in [5.74, 6) is -0.244. The van der Waals surface area contributed by atoms with Crippen molar-refractivity contribution >= 4 is 40.9 Å². The van der Waals surface area contributed by atoms with Gasteiger partial charge in [-0.05, 0) is 37.1 Å². The first kappa shape index (κ1) is 24.9. The van der Waals surface area contributed by atoms with Crippen LogP contribution >= 0.6 is 11.3 Å². The summed E-state index contributed by atoms with van der Waals surface area (Å²) in [4.78, 5) is 44.0. The molecule has 3 amide bonds. The highest BCUT2D eigenvalue weighted by Gasteiger charge is 2.36. The molecule has 0 bridgehead atoms. The highest BCUT2D eigenvalue weighted by atomic mass is 32.1. The van der Waals surface area contributed by atoms with Crippen molar-refractivity contribution < 1.29 is 19.1 Å². The first-order chi connectivity index (χ1) is 19.1. The molecule has 2 aliphatic rings. The maximum atomic E-state index is 13.8. The number of ether oxygens (including phenoxy) is 1. The van der Waals surface area contributed by atoms with Crippen LogP contribution in [-0.2, 0) is 22.4 Å². The Bertz CT molecular complexity index is 1540. The van der Waals surface area contributed by atoms with E-state index >= 15 is 0 Å². The van der Waals surface area contributed by atoms with E-state index in [2.05, 4.69) is 31.2 Å². The van der Waals surface area contributed by atoms with Gasteiger partial charge in [-0.1, -0.05) is 18.2 Å². The maximum Gasteiger partial charge on any atom is 0.333 e. The molecule has 6 rings (SSSR count). The summed E-state index contributed by atoms with van der Waals surface area (Å²) in [6, 6.07) is 12.6. The number of carbonyl (C=O) groups is 3. The molecule has 1 aromatic carbocycles. The van der Waals surface area contributed by atoms with E-state index in [1.165, 1.54) is 11.3 Å². The lowest BCUT2D eigenvalue weighted by Crippen LogP contribution is -2.49. The van der Waals surface area contributed by atoms with E-state index < -0.39 is 6.03 Å². The van der Waals surface area contributed by atoms with Crippen molar-refractivity contribution in [2.75, 3.05) is 36.9 Å². The van der Waals surface area contributed by atoms with Crippen molar-refractivity contribution in [1.82, 2.24) is 25.6 Å². The molecule has 0 atom stereocenters. The van der Waals surface area contributed by atoms with Crippen LogP contribution in [0.1, 0.15) is 26.5 Å². The van der Waals surface area contributed by atoms with Crippen LogP contribution in [0.15, 0.2) is 48.7 Å². The van der Waals surface area contributed by atoms with Crippen molar-refractivity contribution in [3.05, 3.63) is 70.4 Å². The highest BCUT2D eigenvalue weighted by molar-refractivity contribution is 7.16. The number of hydrogen-bond acceptors (Lipinski definition) is 8. The molecule has 1 aliphatic carbocycles. The molecular weight excluding hydrogens is 518 g/mol. The lowest BCUT2D eigenvalue weighted by atomic mass is 10.1. The number of aryl methyl sites for hydroxylation is 2. The van der Waals surface area contributed by atoms with Gasteiger partial charge >= 0.3 is 6.03 Å². The molecule has 12 heteroatoms. The van der Waals surface area contributed by atoms with Crippen molar-refractivity contribution in [3.8, 4) is 21.8 Å². The minimum atomic E-state index is -0.433. The zero-order chi connectivity index (χ0) is 26.8. The van der Waals surface area contributed by atoms with E-state index in [1.54, 1.807) is 23.3 Å². The monoisotopic (exact) mass is 543 g/mol. The van der Waals surface area contributed by atoms with Crippen LogP contribution in [0.4, 0.5) is 16.2 Å². The van der Waals surface area contributed by atoms with E-state index in [0.29, 0.717) is 77.0 Å². The third kappa shape index (κ3) is 4.92. The summed E-state index contributed by atoms with van der Waals surface area (Å²) < 4.78 is 5.31. The number of pyridine rings is 1. The second kappa shape index (κ2) is 10.8. The molecule has 0 unspecified atom stereocenters. The third-order valence-corrected chi connectivity index (χ3v) is 7.85. The molecule has 1 fully saturated rings. The molecular formula is C27H25N7O4S. The molecule has 1 saturated heterocycles. The summed E-state index contributed by atoms with van der Waals surface area (Å²) >= 11 is 1.49. The van der Waals surface area contributed by atoms with Gasteiger partial charge in [-0.25, -0.2) is 9.80 Å². The Morgan fingerprint density at radius 3 is 2.77 bits per heavy atom. The number of ketones is 1. The quantitative estimate of drug-likeness (QED) is 0.220. The predicted octanol–water partition coefficient (Wildman–Crippen LogP) is 3.47. The number of benzene rings is 1. The molecule has 0 radical (unpaired) electrons. The average Bonchev–Trinajstić information content (AvgIpc) is 3.64. The fourth-order valence-corrected chi connectivity index (χ4v) is 5.95. The zero-order valence-electron chi connectivity index (χ0n) is 20.8. The van der Waals surface area contributed by atoms with Gasteiger partial charge in [0.2, 0.25) is 6.41 Å². The molecule has 4 aromatic rings. The number of anilines is 2. The lowest BCUT2D eigenvalue weighted by Gasteiger charge is -2.27. The molecule has 11 nitrogen and oxygen atoms in total. The molecule has 0 saturated carbocycles. The first-order valence-electron chi connectivity index (χ1n) is 12.5. The molecule has 0 spiro atoms. The Morgan fingerprint density at radius 1 is 1.10 bits per heavy atom. The van der Waals surface area contributed by atoms with E-state index in [4.69, 9.17) is 4.74 Å². The standard InChI is InChI=1S/C27H25N7O4S/c35-15-29-20-14-17(8-7-16-4-1-2-9-28-16)39-26(20)24-22-23(31-32-24)18-5-3-6-19(21(18)25(22)36)30-27(37)33-34-10-12-38-13-11-34/h1-6,9,14-15H,7-8,10-13H2,(H,29,35)(H,31,32)(H2,30,33,37). The van der Waals surface area contributed by atoms with Crippen LogP contribution in [0.2, 0.25) is 0 Å². The SMILES string of the molecule is O=CNc1cc(CCc2ccccn2)sc1-c1[nH]nc2c1C(=O)c1c(NC(=O)NN3CCOCC3)cccc1-2. The number of H-pyrrole nitrogens is 1. The molecule has 4 heterocycles. The summed E-state index contributed by atoms with van der Waals surface area (Å²) in [6.07, 6.45) is 3.86. The van der Waals surface area contributed by atoms with Gasteiger partial charge in [-0.15, -0.1) is 11.3 Å². The Balaban J connectivity index is 1.27. The Labute approximate surface area is 227 Å². The van der Waals surface area contributed by atoms with E-state index in [0.717, 1.165) is 23.4 Å². The van der Waals surface area contributed by atoms with Gasteiger partial charge in [0.15, 0.2) is 5.78 Å². The Morgan fingerprint density at radius 2 is 1.97 bits per heavy atom. The summed E-state index contributed by atoms with van der Waals surface area (Å²) in [5, 5.41) is 14.8. The van der Waals surface area contributed by atoms with Crippen LogP contribution in [0.3, 0.4) is 0 Å². The first-order valence-corrected chi connectivity index (χ1v) is 13.3. The van der Waals surface area contributed by atoms with E-state index in [9.17, 15) is 14.4 Å². The normalized spacial score (nSPS) is 14.5. The number of hydrogen-bond donors (Lipinski definition) is 4. The number of nitrogens with one attached hydrogen (secondary N) is 4. The molecule has 1 aliphatic heterocycles. The van der Waals surface area contributed by atoms with Gasteiger partial charge in [-0.3, -0.25) is 25.1 Å². The van der Waals surface area contributed by atoms with Gasteiger partial charge in [0.1, 0.15) is 5.69 Å². The van der Waals surface area contributed by atoms with Gasteiger partial charge in [-0.2, -0.15) is 5.10 Å². The molecule has 3 aromatic heterocycles. The van der Waals surface area contributed by atoms with Gasteiger partial charge < -0.3 is 15.4 Å². The van der Waals surface area contributed by atoms with Crippen LogP contribution in [0.25, 0.3) is 21.8 Å². The van der Waals surface area contributed by atoms with Crippen molar-refractivity contribution in [2.45, 2.75) is 12.8 Å². The number of rotatable bonds is 8. The highest BCUT2D eigenvalue weighted by Crippen LogP contribution is 2.46. The summed E-state index contributed by atoms with van der Waals surface area (Å²) in [7, 11) is 0. The molecule has 4 N–H and O–H groups in total. The van der Waals surface area contributed by atoms with Gasteiger partial charge in [0, 0.05) is 35.4 Å². The Hall–Kier alpha value is -4.39. The maximum absolute atomic E-state index is 13.8. The number of thiophene rings is 1. The smallest absolute Gasteiger partial charge is 0.333 e. The Kier molecular flexibility index (Phi) is 6.88. The lowest BCUT2D eigenvalue weighted by molar-refractivity contribution is -0.105. The van der Waals surface area contributed by atoms with E-state index in [1.807, 2.05) is 30.3 Å². The number of nitrogens with zero attached hydrogens (tertiary/aromatic N) is 3. The molecule has 198 valence electrons. The van der Waals surface area contributed by atoms with Crippen LogP contribution in [0.5, 0.6) is 0 Å². The predicted molar refractivity (Wildman–Crippen MR) is 147 cm³/mol. The number of urea groups is 1. The van der Waals surface area contributed by atoms with Crippen LogP contribution in [-0.4, -0.2) is 64.7 Å². The largest absolute Gasteiger partial charge is 0.379 e. The average molecular weight is 544 g/mol. The van der Waals surface area contributed by atoms with Crippen LogP contribution < -0.4 is 16.1 Å². The third-order valence-electron chi connectivity index (χ3n) is 6.64. The number of hydrazine groups is 1. The van der Waals surface area contributed by atoms with Gasteiger partial charge in [0.05, 0.1) is 46.3 Å². The zero-order valence-corrected chi connectivity index (χ0v) is 21.6. The minimum Gasteiger partial charge on any atom is -0.379 e. The fraction of sp³-hybridized carbons (Fsp3) is 0.222. The van der Waals surface area contributed by atoms with Gasteiger partial charge in [0.25, 0.3) is 0 Å². The fourth-order valence-electron chi connectivity index (χ4n) is 4.83. The number of fused-ring (bicyclic) bond motifs is 3. The topological polar surface area (TPSA) is 141 Å². The second-order valence-electron chi connectivity index (χ2n) is 9.08. The van der Waals surface area contributed by atoms with Crippen LogP contribution in [0, 0.1) is 0 Å². The summed E-state index contributed by atoms with van der Waals surface area (Å²) in [6.45, 7) is 2.25. The number of amides is 3. The minimum absolute atomic E-state index is 0.244. The van der Waals surface area contributed by atoms with Crippen molar-refractivity contribution in [2.24, 2.45) is 0 Å². The second-order valence-corrected chi connectivity index (χ2v) is 10.2. The number of aromatic nitrogens is 3. The number of carbonyl (C=O) groups excluding carboxylic acids is 3. The number of morpholine rings is 1. The van der Waals surface area contributed by atoms with Crippen molar-refractivity contribution in [3.63, 3.8) is 0 Å². The molecule has 39 heavy (non-hydrogen) atoms. The van der Waals surface area contributed by atoms with Crippen molar-refractivity contribution in [1.29, 1.82) is 0 Å². The number of aromatic amines is 1. The van der Waals surface area contributed by atoms with E-state index in [-0.39, 0.29) is 5.78 Å².